The van der Waals surface area contributed by atoms with E-state index in [1.807, 2.05) is 19.1 Å². The van der Waals surface area contributed by atoms with Crippen molar-refractivity contribution < 1.29 is 9.21 Å². The summed E-state index contributed by atoms with van der Waals surface area (Å²) in [7, 11) is 1.70. The third-order valence-corrected chi connectivity index (χ3v) is 3.07. The molecule has 19 heavy (non-hydrogen) atoms. The quantitative estimate of drug-likeness (QED) is 0.878. The van der Waals surface area contributed by atoms with Gasteiger partial charge in [-0.05, 0) is 37.3 Å². The zero-order valence-electron chi connectivity index (χ0n) is 10.8. The van der Waals surface area contributed by atoms with Gasteiger partial charge in [0.2, 0.25) is 0 Å². The number of hydrogen-bond donors (Lipinski definition) is 1. The molecule has 5 heteroatoms. The normalized spacial score (nSPS) is 10.5. The first-order valence-electron chi connectivity index (χ1n) is 5.83. The molecule has 2 rings (SSSR count). The monoisotopic (exact) mass is 278 g/mol. The molecule has 2 aromatic rings. The third kappa shape index (κ3) is 3.09. The van der Waals surface area contributed by atoms with Gasteiger partial charge in [-0.3, -0.25) is 4.79 Å². The van der Waals surface area contributed by atoms with Crippen LogP contribution in [0.15, 0.2) is 34.7 Å². The topological polar surface area (TPSA) is 59.5 Å². The molecule has 100 valence electrons. The molecule has 0 aliphatic heterocycles. The van der Waals surface area contributed by atoms with Crippen molar-refractivity contribution in [3.05, 3.63) is 52.4 Å². The Kier molecular flexibility index (Phi) is 3.81. The van der Waals surface area contributed by atoms with Gasteiger partial charge in [-0.15, -0.1) is 0 Å². The summed E-state index contributed by atoms with van der Waals surface area (Å²) in [5, 5.41) is 0.354. The Bertz CT molecular complexity index is 607. The predicted molar refractivity (Wildman–Crippen MR) is 75.1 cm³/mol. The smallest absolute Gasteiger partial charge is 0.255 e. The lowest BCUT2D eigenvalue weighted by Crippen LogP contribution is -2.26. The molecular weight excluding hydrogens is 264 g/mol. The largest absolute Gasteiger partial charge is 0.464 e. The molecule has 0 bridgehead atoms. The fourth-order valence-corrected chi connectivity index (χ4v) is 2.06. The number of nitrogens with two attached hydrogens (primary N) is 1. The second-order valence-electron chi connectivity index (χ2n) is 4.41. The summed E-state index contributed by atoms with van der Waals surface area (Å²) in [5.74, 6) is 1.39. The molecule has 0 atom stereocenters. The maximum Gasteiger partial charge on any atom is 0.255 e. The number of rotatable bonds is 3. The Labute approximate surface area is 116 Å². The highest BCUT2D eigenvalue weighted by atomic mass is 35.5. The number of anilines is 1. The number of carbonyl (C=O) groups is 1. The molecule has 1 amide bonds. The van der Waals surface area contributed by atoms with Crippen LogP contribution in [-0.4, -0.2) is 17.9 Å². The van der Waals surface area contributed by atoms with Crippen LogP contribution >= 0.6 is 11.6 Å². The van der Waals surface area contributed by atoms with E-state index in [-0.39, 0.29) is 5.91 Å². The van der Waals surface area contributed by atoms with Crippen LogP contribution in [0, 0.1) is 6.92 Å². The second kappa shape index (κ2) is 5.36. The minimum atomic E-state index is -0.168. The molecule has 0 aliphatic rings. The molecule has 0 radical (unpaired) electrons. The van der Waals surface area contributed by atoms with Crippen molar-refractivity contribution in [2.45, 2.75) is 13.5 Å². The van der Waals surface area contributed by atoms with E-state index in [1.54, 1.807) is 30.1 Å². The van der Waals surface area contributed by atoms with Crippen molar-refractivity contribution in [3.63, 3.8) is 0 Å². The van der Waals surface area contributed by atoms with Gasteiger partial charge in [0.1, 0.15) is 11.5 Å². The molecule has 1 heterocycles. The highest BCUT2D eigenvalue weighted by molar-refractivity contribution is 6.34. The standard InChI is InChI=1S/C14H15ClN2O2/c1-9-3-5-11(19-9)8-17(2)14(18)12-6-4-10(16)7-13(12)15/h3-7H,8,16H2,1-2H3. The van der Waals surface area contributed by atoms with Gasteiger partial charge in [0, 0.05) is 12.7 Å². The van der Waals surface area contributed by atoms with Crippen LogP contribution < -0.4 is 5.73 Å². The molecule has 0 saturated carbocycles. The van der Waals surface area contributed by atoms with Crippen molar-refractivity contribution in [1.29, 1.82) is 0 Å². The highest BCUT2D eigenvalue weighted by Crippen LogP contribution is 2.21. The Morgan fingerprint density at radius 1 is 1.37 bits per heavy atom. The summed E-state index contributed by atoms with van der Waals surface area (Å²) in [6, 6.07) is 8.57. The average Bonchev–Trinajstić information content (AvgIpc) is 2.74. The second-order valence-corrected chi connectivity index (χ2v) is 4.82. The van der Waals surface area contributed by atoms with Crippen molar-refractivity contribution in [2.75, 3.05) is 12.8 Å². The lowest BCUT2D eigenvalue weighted by Gasteiger charge is -2.16. The van der Waals surface area contributed by atoms with Crippen LogP contribution in [0.25, 0.3) is 0 Å². The average molecular weight is 279 g/mol. The van der Waals surface area contributed by atoms with Crippen LogP contribution in [0.4, 0.5) is 5.69 Å². The number of nitrogen functional groups attached to an aromatic ring is 1. The number of halogens is 1. The number of nitrogens with zero attached hydrogens (tertiary/aromatic N) is 1. The minimum Gasteiger partial charge on any atom is -0.464 e. The number of aryl methyl sites for hydroxylation is 1. The van der Waals surface area contributed by atoms with Crippen LogP contribution in [-0.2, 0) is 6.54 Å². The SMILES string of the molecule is Cc1ccc(CN(C)C(=O)c2ccc(N)cc2Cl)o1. The van der Waals surface area contributed by atoms with Gasteiger partial charge in [-0.25, -0.2) is 0 Å². The van der Waals surface area contributed by atoms with Crippen LogP contribution in [0.2, 0.25) is 5.02 Å². The Balaban J connectivity index is 2.14. The molecule has 1 aromatic heterocycles. The lowest BCUT2D eigenvalue weighted by atomic mass is 10.2. The fraction of sp³-hybridized carbons (Fsp3) is 0.214. The van der Waals surface area contributed by atoms with Gasteiger partial charge in [0.25, 0.3) is 5.91 Å². The highest BCUT2D eigenvalue weighted by Gasteiger charge is 2.16. The summed E-state index contributed by atoms with van der Waals surface area (Å²) in [4.78, 5) is 13.8. The van der Waals surface area contributed by atoms with E-state index in [0.29, 0.717) is 22.8 Å². The first kappa shape index (κ1) is 13.5. The zero-order valence-corrected chi connectivity index (χ0v) is 11.6. The van der Waals surface area contributed by atoms with Crippen molar-refractivity contribution in [3.8, 4) is 0 Å². The van der Waals surface area contributed by atoms with E-state index in [0.717, 1.165) is 11.5 Å². The molecule has 0 unspecified atom stereocenters. The maximum atomic E-state index is 12.2. The van der Waals surface area contributed by atoms with Crippen LogP contribution in [0.1, 0.15) is 21.9 Å². The van der Waals surface area contributed by atoms with E-state index in [1.165, 1.54) is 0 Å². The number of benzene rings is 1. The molecule has 2 N–H and O–H groups in total. The molecule has 0 spiro atoms. The van der Waals surface area contributed by atoms with E-state index in [4.69, 9.17) is 21.8 Å². The van der Waals surface area contributed by atoms with Gasteiger partial charge in [0.05, 0.1) is 17.1 Å². The van der Waals surface area contributed by atoms with Crippen molar-refractivity contribution in [1.82, 2.24) is 4.90 Å². The van der Waals surface area contributed by atoms with Gasteiger partial charge in [-0.1, -0.05) is 11.6 Å². The van der Waals surface area contributed by atoms with Gasteiger partial charge in [-0.2, -0.15) is 0 Å². The Morgan fingerprint density at radius 2 is 2.11 bits per heavy atom. The Morgan fingerprint density at radius 3 is 2.68 bits per heavy atom. The lowest BCUT2D eigenvalue weighted by molar-refractivity contribution is 0.0775. The van der Waals surface area contributed by atoms with E-state index < -0.39 is 0 Å². The van der Waals surface area contributed by atoms with Crippen LogP contribution in [0.3, 0.4) is 0 Å². The van der Waals surface area contributed by atoms with Crippen molar-refractivity contribution in [2.24, 2.45) is 0 Å². The number of carbonyl (C=O) groups excluding carboxylic acids is 1. The van der Waals surface area contributed by atoms with E-state index >= 15 is 0 Å². The summed E-state index contributed by atoms with van der Waals surface area (Å²) in [6.07, 6.45) is 0. The first-order chi connectivity index (χ1) is 8.97. The third-order valence-electron chi connectivity index (χ3n) is 2.76. The van der Waals surface area contributed by atoms with Gasteiger partial charge in [0.15, 0.2) is 0 Å². The summed E-state index contributed by atoms with van der Waals surface area (Å²) in [6.45, 7) is 2.26. The van der Waals surface area contributed by atoms with E-state index in [2.05, 4.69) is 0 Å². The fourth-order valence-electron chi connectivity index (χ4n) is 1.79. The number of amides is 1. The molecule has 0 aliphatic carbocycles. The maximum absolute atomic E-state index is 12.2. The minimum absolute atomic E-state index is 0.168. The molecule has 0 saturated heterocycles. The first-order valence-corrected chi connectivity index (χ1v) is 6.21. The molecule has 0 fully saturated rings. The number of furan rings is 1. The van der Waals surface area contributed by atoms with E-state index in [9.17, 15) is 4.79 Å². The molecule has 4 nitrogen and oxygen atoms in total. The molecular formula is C14H15ClN2O2. The van der Waals surface area contributed by atoms with Crippen LogP contribution in [0.5, 0.6) is 0 Å². The van der Waals surface area contributed by atoms with Gasteiger partial charge >= 0.3 is 0 Å². The predicted octanol–water partition coefficient (Wildman–Crippen LogP) is 3.10. The van der Waals surface area contributed by atoms with Gasteiger partial charge < -0.3 is 15.1 Å². The van der Waals surface area contributed by atoms with Crippen molar-refractivity contribution >= 4 is 23.2 Å². The molecule has 1 aromatic carbocycles. The summed E-state index contributed by atoms with van der Waals surface area (Å²) in [5.41, 5.74) is 6.57. The Hall–Kier alpha value is -1.94. The summed E-state index contributed by atoms with van der Waals surface area (Å²) < 4.78 is 5.44. The zero-order chi connectivity index (χ0) is 14.0. The summed E-state index contributed by atoms with van der Waals surface area (Å²) >= 11 is 6.02. The number of hydrogen-bond acceptors (Lipinski definition) is 3.